The zero-order chi connectivity index (χ0) is 23.4. The SMILES string of the molecule is CCNC(=O)NC(=O)C(C)OC(=O)c1cc(-c2ccc(Cl)c(Cl)c2Cl)nc2ccccc12. The van der Waals surface area contributed by atoms with Crippen LogP contribution >= 0.6 is 34.8 Å². The molecule has 0 saturated carbocycles. The minimum Gasteiger partial charge on any atom is -0.449 e. The van der Waals surface area contributed by atoms with Crippen LogP contribution in [-0.2, 0) is 9.53 Å². The molecule has 0 spiro atoms. The van der Waals surface area contributed by atoms with Crippen molar-refractivity contribution in [1.82, 2.24) is 15.6 Å². The number of carbonyl (C=O) groups excluding carboxylic acids is 3. The fourth-order valence-electron chi connectivity index (χ4n) is 2.90. The Morgan fingerprint density at radius 3 is 2.50 bits per heavy atom. The molecule has 0 bridgehead atoms. The van der Waals surface area contributed by atoms with Crippen molar-refractivity contribution in [2.45, 2.75) is 20.0 Å². The Balaban J connectivity index is 1.97. The number of esters is 1. The Kier molecular flexibility index (Phi) is 7.56. The number of para-hydroxylation sites is 1. The van der Waals surface area contributed by atoms with Gasteiger partial charge in [0.05, 0.1) is 31.8 Å². The van der Waals surface area contributed by atoms with Gasteiger partial charge >= 0.3 is 12.0 Å². The predicted molar refractivity (Wildman–Crippen MR) is 124 cm³/mol. The van der Waals surface area contributed by atoms with Gasteiger partial charge in [-0.1, -0.05) is 53.0 Å². The first-order valence-corrected chi connectivity index (χ1v) is 10.7. The summed E-state index contributed by atoms with van der Waals surface area (Å²) in [5, 5.41) is 5.70. The molecule has 3 aromatic rings. The number of rotatable bonds is 5. The van der Waals surface area contributed by atoms with Gasteiger partial charge in [0, 0.05) is 17.5 Å². The number of urea groups is 1. The number of aromatic nitrogens is 1. The lowest BCUT2D eigenvalue weighted by Crippen LogP contribution is -2.44. The van der Waals surface area contributed by atoms with Crippen LogP contribution in [0.5, 0.6) is 0 Å². The van der Waals surface area contributed by atoms with Gasteiger partial charge in [0.1, 0.15) is 0 Å². The van der Waals surface area contributed by atoms with E-state index in [4.69, 9.17) is 39.5 Å². The number of hydrogen-bond acceptors (Lipinski definition) is 5. The van der Waals surface area contributed by atoms with Gasteiger partial charge < -0.3 is 10.1 Å². The van der Waals surface area contributed by atoms with Crippen LogP contribution in [0.3, 0.4) is 0 Å². The van der Waals surface area contributed by atoms with Gasteiger partial charge in [-0.25, -0.2) is 14.6 Å². The fraction of sp³-hybridized carbons (Fsp3) is 0.182. The van der Waals surface area contributed by atoms with Crippen molar-refractivity contribution in [1.29, 1.82) is 0 Å². The lowest BCUT2D eigenvalue weighted by Gasteiger charge is -2.15. The summed E-state index contributed by atoms with van der Waals surface area (Å²) in [5.41, 5.74) is 1.53. The Morgan fingerprint density at radius 2 is 1.78 bits per heavy atom. The quantitative estimate of drug-likeness (QED) is 0.373. The van der Waals surface area contributed by atoms with Crippen LogP contribution in [0.15, 0.2) is 42.5 Å². The molecule has 1 atom stereocenters. The smallest absolute Gasteiger partial charge is 0.339 e. The summed E-state index contributed by atoms with van der Waals surface area (Å²) < 4.78 is 5.31. The van der Waals surface area contributed by atoms with Gasteiger partial charge in [-0.2, -0.15) is 0 Å². The van der Waals surface area contributed by atoms with Crippen LogP contribution < -0.4 is 10.6 Å². The molecule has 0 aliphatic carbocycles. The van der Waals surface area contributed by atoms with Gasteiger partial charge in [0.15, 0.2) is 6.10 Å². The first-order chi connectivity index (χ1) is 15.2. The summed E-state index contributed by atoms with van der Waals surface area (Å²) in [6.07, 6.45) is -1.21. The molecule has 0 aliphatic heterocycles. The van der Waals surface area contributed by atoms with Crippen LogP contribution in [-0.4, -0.2) is 35.5 Å². The van der Waals surface area contributed by atoms with E-state index in [0.29, 0.717) is 28.7 Å². The molecule has 0 saturated heterocycles. The van der Waals surface area contributed by atoms with Crippen molar-refractivity contribution in [2.24, 2.45) is 0 Å². The largest absolute Gasteiger partial charge is 0.449 e. The van der Waals surface area contributed by atoms with E-state index in [1.807, 2.05) is 0 Å². The minimum absolute atomic E-state index is 0.167. The van der Waals surface area contributed by atoms with Crippen molar-refractivity contribution in [3.05, 3.63) is 63.1 Å². The molecule has 1 heterocycles. The number of halogens is 3. The number of nitrogens with one attached hydrogen (secondary N) is 2. The van der Waals surface area contributed by atoms with Crippen molar-refractivity contribution in [3.63, 3.8) is 0 Å². The van der Waals surface area contributed by atoms with Gasteiger partial charge in [-0.15, -0.1) is 0 Å². The number of imide groups is 1. The number of pyridine rings is 1. The highest BCUT2D eigenvalue weighted by Gasteiger charge is 2.23. The fourth-order valence-corrected chi connectivity index (χ4v) is 3.53. The van der Waals surface area contributed by atoms with Gasteiger partial charge in [0.2, 0.25) is 0 Å². The first-order valence-electron chi connectivity index (χ1n) is 9.56. The number of nitrogens with zero attached hydrogens (tertiary/aromatic N) is 1. The molecule has 3 rings (SSSR count). The highest BCUT2D eigenvalue weighted by atomic mass is 35.5. The number of amides is 3. The molecule has 7 nitrogen and oxygen atoms in total. The molecule has 2 aromatic carbocycles. The minimum atomic E-state index is -1.21. The third-order valence-electron chi connectivity index (χ3n) is 4.47. The van der Waals surface area contributed by atoms with Crippen LogP contribution in [0.25, 0.3) is 22.2 Å². The predicted octanol–water partition coefficient (Wildman–Crippen LogP) is 5.25. The second kappa shape index (κ2) is 10.2. The molecule has 0 radical (unpaired) electrons. The molecule has 3 amide bonds. The Bertz CT molecular complexity index is 1220. The van der Waals surface area contributed by atoms with Crippen LogP contribution in [0, 0.1) is 0 Å². The molecule has 0 fully saturated rings. The monoisotopic (exact) mass is 493 g/mol. The van der Waals surface area contributed by atoms with E-state index in [2.05, 4.69) is 15.6 Å². The molecular formula is C22H18Cl3N3O4. The topological polar surface area (TPSA) is 97.4 Å². The molecular weight excluding hydrogens is 477 g/mol. The van der Waals surface area contributed by atoms with Gasteiger partial charge in [-0.3, -0.25) is 10.1 Å². The average molecular weight is 495 g/mol. The molecule has 166 valence electrons. The number of ether oxygens (including phenoxy) is 1. The van der Waals surface area contributed by atoms with Crippen molar-refractivity contribution in [2.75, 3.05) is 6.54 Å². The molecule has 1 unspecified atom stereocenters. The number of fused-ring (bicyclic) bond motifs is 1. The van der Waals surface area contributed by atoms with E-state index in [1.54, 1.807) is 43.3 Å². The zero-order valence-electron chi connectivity index (χ0n) is 17.0. The number of benzene rings is 2. The van der Waals surface area contributed by atoms with Crippen LogP contribution in [0.1, 0.15) is 24.2 Å². The highest BCUT2D eigenvalue weighted by Crippen LogP contribution is 2.38. The van der Waals surface area contributed by atoms with E-state index in [9.17, 15) is 14.4 Å². The van der Waals surface area contributed by atoms with E-state index in [1.165, 1.54) is 13.0 Å². The summed E-state index contributed by atoms with van der Waals surface area (Å²) in [6.45, 7) is 3.42. The Hall–Kier alpha value is -2.87. The average Bonchev–Trinajstić information content (AvgIpc) is 2.76. The Morgan fingerprint density at radius 1 is 1.06 bits per heavy atom. The van der Waals surface area contributed by atoms with Gasteiger partial charge in [-0.05, 0) is 38.1 Å². The normalized spacial score (nSPS) is 11.7. The van der Waals surface area contributed by atoms with E-state index in [0.717, 1.165) is 0 Å². The summed E-state index contributed by atoms with van der Waals surface area (Å²) in [7, 11) is 0. The van der Waals surface area contributed by atoms with E-state index in [-0.39, 0.29) is 20.6 Å². The molecule has 32 heavy (non-hydrogen) atoms. The van der Waals surface area contributed by atoms with Crippen LogP contribution in [0.2, 0.25) is 15.1 Å². The summed E-state index contributed by atoms with van der Waals surface area (Å²) >= 11 is 18.5. The number of hydrogen-bond donors (Lipinski definition) is 2. The van der Waals surface area contributed by atoms with E-state index >= 15 is 0 Å². The lowest BCUT2D eigenvalue weighted by atomic mass is 10.0. The second-order valence-electron chi connectivity index (χ2n) is 6.69. The maximum absolute atomic E-state index is 13.0. The van der Waals surface area contributed by atoms with Crippen molar-refractivity contribution in [3.8, 4) is 11.3 Å². The zero-order valence-corrected chi connectivity index (χ0v) is 19.3. The maximum atomic E-state index is 13.0. The van der Waals surface area contributed by atoms with E-state index < -0.39 is 24.0 Å². The summed E-state index contributed by atoms with van der Waals surface area (Å²) in [5.74, 6) is -1.52. The van der Waals surface area contributed by atoms with Crippen molar-refractivity contribution < 1.29 is 19.1 Å². The first kappa shape index (κ1) is 23.8. The number of carbonyl (C=O) groups is 3. The van der Waals surface area contributed by atoms with Crippen molar-refractivity contribution >= 4 is 63.6 Å². The molecule has 10 heteroatoms. The highest BCUT2D eigenvalue weighted by molar-refractivity contribution is 6.49. The molecule has 2 N–H and O–H groups in total. The van der Waals surface area contributed by atoms with Crippen LogP contribution in [0.4, 0.5) is 4.79 Å². The third kappa shape index (κ3) is 5.12. The molecule has 1 aromatic heterocycles. The van der Waals surface area contributed by atoms with Gasteiger partial charge in [0.25, 0.3) is 5.91 Å². The second-order valence-corrected chi connectivity index (χ2v) is 7.85. The maximum Gasteiger partial charge on any atom is 0.339 e. The lowest BCUT2D eigenvalue weighted by molar-refractivity contribution is -0.127. The summed E-state index contributed by atoms with van der Waals surface area (Å²) in [6, 6.07) is 11.0. The summed E-state index contributed by atoms with van der Waals surface area (Å²) in [4.78, 5) is 41.2. The third-order valence-corrected chi connectivity index (χ3v) is 5.77. The standard InChI is InChI=1S/C22H18Cl3N3O4/c1-3-26-22(31)28-20(29)11(2)32-21(30)14-10-17(27-16-7-5-4-6-12(14)16)13-8-9-15(23)19(25)18(13)24/h4-11H,3H2,1-2H3,(H2,26,28,29,31). The Labute approximate surface area is 199 Å². The molecule has 0 aliphatic rings.